The van der Waals surface area contributed by atoms with Crippen molar-refractivity contribution in [3.05, 3.63) is 29.6 Å². The van der Waals surface area contributed by atoms with Gasteiger partial charge in [-0.2, -0.15) is 0 Å². The molecule has 74 valence electrons. The van der Waals surface area contributed by atoms with Crippen LogP contribution < -0.4 is 0 Å². The molecular weight excluding hydrogens is 178 g/mol. The van der Waals surface area contributed by atoms with E-state index < -0.39 is 5.97 Å². The van der Waals surface area contributed by atoms with E-state index in [9.17, 15) is 4.79 Å². The minimum atomic E-state index is -0.736. The number of carboxylic acids is 1. The van der Waals surface area contributed by atoms with Gasteiger partial charge in [-0.1, -0.05) is 13.0 Å². The van der Waals surface area contributed by atoms with Crippen LogP contribution in [-0.4, -0.2) is 16.1 Å². The molecule has 1 heterocycles. The number of carboxylic acid groups (broad SMARTS) is 1. The third-order valence-electron chi connectivity index (χ3n) is 2.90. The molecule has 1 aliphatic rings. The van der Waals surface area contributed by atoms with Crippen LogP contribution >= 0.6 is 0 Å². The van der Waals surface area contributed by atoms with Gasteiger partial charge in [-0.25, -0.2) is 0 Å². The molecule has 0 amide bonds. The summed E-state index contributed by atoms with van der Waals surface area (Å²) < 4.78 is 0. The van der Waals surface area contributed by atoms with Gasteiger partial charge in [0.2, 0.25) is 0 Å². The van der Waals surface area contributed by atoms with Crippen molar-refractivity contribution in [3.63, 3.8) is 0 Å². The van der Waals surface area contributed by atoms with Crippen molar-refractivity contribution in [3.8, 4) is 0 Å². The first-order valence-corrected chi connectivity index (χ1v) is 4.84. The predicted octanol–water partition coefficient (Wildman–Crippen LogP) is 1.83. The molecule has 3 nitrogen and oxygen atoms in total. The topological polar surface area (TPSA) is 50.2 Å². The Bertz CT molecular complexity index is 362. The minimum Gasteiger partial charge on any atom is -0.481 e. The molecule has 0 bridgehead atoms. The molecule has 0 spiro atoms. The van der Waals surface area contributed by atoms with Crippen LogP contribution in [0.5, 0.6) is 0 Å². The van der Waals surface area contributed by atoms with Gasteiger partial charge in [0, 0.05) is 17.8 Å². The number of nitrogens with zero attached hydrogens (tertiary/aromatic N) is 1. The van der Waals surface area contributed by atoms with Crippen LogP contribution in [-0.2, 0) is 11.2 Å². The molecule has 0 aliphatic heterocycles. The third-order valence-corrected chi connectivity index (χ3v) is 2.90. The number of fused-ring (bicyclic) bond motifs is 1. The number of hydrogen-bond donors (Lipinski definition) is 1. The molecule has 1 aromatic rings. The van der Waals surface area contributed by atoms with E-state index in [1.165, 1.54) is 5.56 Å². The number of rotatable bonds is 2. The van der Waals surface area contributed by atoms with Crippen molar-refractivity contribution in [2.45, 2.75) is 25.7 Å². The number of aromatic nitrogens is 1. The normalized spacial score (nSPS) is 24.6. The summed E-state index contributed by atoms with van der Waals surface area (Å²) in [5, 5.41) is 8.79. The average Bonchev–Trinajstić information content (AvgIpc) is 2.43. The van der Waals surface area contributed by atoms with Gasteiger partial charge in [0.1, 0.15) is 0 Å². The summed E-state index contributed by atoms with van der Waals surface area (Å²) in [5.74, 6) is -0.236. The fourth-order valence-electron chi connectivity index (χ4n) is 2.20. The Morgan fingerprint density at radius 1 is 1.71 bits per heavy atom. The molecular formula is C11H13NO2. The summed E-state index contributed by atoms with van der Waals surface area (Å²) in [7, 11) is 0. The van der Waals surface area contributed by atoms with Crippen molar-refractivity contribution >= 4 is 5.97 Å². The zero-order valence-electron chi connectivity index (χ0n) is 8.10. The fourth-order valence-corrected chi connectivity index (χ4v) is 2.20. The van der Waals surface area contributed by atoms with Gasteiger partial charge in [-0.3, -0.25) is 9.78 Å². The molecule has 1 aromatic heterocycles. The number of carbonyl (C=O) groups is 1. The fraction of sp³-hybridized carbons (Fsp3) is 0.455. The Labute approximate surface area is 82.8 Å². The summed E-state index contributed by atoms with van der Waals surface area (Å²) >= 11 is 0. The van der Waals surface area contributed by atoms with E-state index >= 15 is 0 Å². The first-order chi connectivity index (χ1) is 6.68. The second kappa shape index (κ2) is 3.40. The maximum Gasteiger partial charge on any atom is 0.304 e. The van der Waals surface area contributed by atoms with Gasteiger partial charge in [-0.05, 0) is 24.0 Å². The molecule has 2 atom stereocenters. The first kappa shape index (κ1) is 9.19. The van der Waals surface area contributed by atoms with E-state index in [0.29, 0.717) is 5.92 Å². The minimum absolute atomic E-state index is 0.101. The summed E-state index contributed by atoms with van der Waals surface area (Å²) in [6.45, 7) is 2.09. The van der Waals surface area contributed by atoms with Crippen LogP contribution in [0, 0.1) is 5.92 Å². The quantitative estimate of drug-likeness (QED) is 0.775. The van der Waals surface area contributed by atoms with Gasteiger partial charge in [0.05, 0.1) is 6.42 Å². The van der Waals surface area contributed by atoms with E-state index in [-0.39, 0.29) is 12.3 Å². The van der Waals surface area contributed by atoms with Crippen molar-refractivity contribution in [1.82, 2.24) is 4.98 Å². The summed E-state index contributed by atoms with van der Waals surface area (Å²) in [5.41, 5.74) is 2.20. The van der Waals surface area contributed by atoms with Crippen LogP contribution in [0.3, 0.4) is 0 Å². The van der Waals surface area contributed by atoms with Crippen LogP contribution in [0.25, 0.3) is 0 Å². The Morgan fingerprint density at radius 3 is 3.21 bits per heavy atom. The molecule has 3 heteroatoms. The summed E-state index contributed by atoms with van der Waals surface area (Å²) in [6.07, 6.45) is 2.90. The summed E-state index contributed by atoms with van der Waals surface area (Å²) in [4.78, 5) is 15.0. The van der Waals surface area contributed by atoms with E-state index in [2.05, 4.69) is 11.9 Å². The van der Waals surface area contributed by atoms with Crippen LogP contribution in [0.2, 0.25) is 0 Å². The predicted molar refractivity (Wildman–Crippen MR) is 52.1 cm³/mol. The third kappa shape index (κ3) is 1.50. The highest BCUT2D eigenvalue weighted by molar-refractivity contribution is 5.68. The van der Waals surface area contributed by atoms with Crippen molar-refractivity contribution in [2.24, 2.45) is 5.92 Å². The lowest BCUT2D eigenvalue weighted by molar-refractivity contribution is -0.137. The van der Waals surface area contributed by atoms with E-state index in [0.717, 1.165) is 12.1 Å². The Balaban J connectivity index is 2.30. The maximum absolute atomic E-state index is 10.7. The highest BCUT2D eigenvalue weighted by Crippen LogP contribution is 2.38. The van der Waals surface area contributed by atoms with Gasteiger partial charge >= 0.3 is 5.97 Å². The monoisotopic (exact) mass is 191 g/mol. The van der Waals surface area contributed by atoms with Crippen molar-refractivity contribution in [1.29, 1.82) is 0 Å². The molecule has 0 radical (unpaired) electrons. The van der Waals surface area contributed by atoms with Gasteiger partial charge in [-0.15, -0.1) is 0 Å². The maximum atomic E-state index is 10.7. The van der Waals surface area contributed by atoms with E-state index in [1.807, 2.05) is 12.1 Å². The number of pyridine rings is 1. The lowest BCUT2D eigenvalue weighted by atomic mass is 9.93. The Morgan fingerprint density at radius 2 is 2.50 bits per heavy atom. The SMILES string of the molecule is CC1Cc2cccnc2C1CC(=O)O. The zero-order valence-corrected chi connectivity index (χ0v) is 8.10. The van der Waals surface area contributed by atoms with E-state index in [1.54, 1.807) is 6.20 Å². The molecule has 1 aliphatic carbocycles. The smallest absolute Gasteiger partial charge is 0.304 e. The second-order valence-corrected chi connectivity index (χ2v) is 3.93. The largest absolute Gasteiger partial charge is 0.481 e. The van der Waals surface area contributed by atoms with Crippen LogP contribution in [0.15, 0.2) is 18.3 Å². The molecule has 0 saturated carbocycles. The van der Waals surface area contributed by atoms with E-state index in [4.69, 9.17) is 5.11 Å². The van der Waals surface area contributed by atoms with Crippen molar-refractivity contribution in [2.75, 3.05) is 0 Å². The zero-order chi connectivity index (χ0) is 10.1. The van der Waals surface area contributed by atoms with Crippen LogP contribution in [0.4, 0.5) is 0 Å². The lowest BCUT2D eigenvalue weighted by Crippen LogP contribution is -2.10. The second-order valence-electron chi connectivity index (χ2n) is 3.93. The molecule has 0 fully saturated rings. The summed E-state index contributed by atoms with van der Waals surface area (Å²) in [6, 6.07) is 3.95. The molecule has 2 rings (SSSR count). The Kier molecular flexibility index (Phi) is 2.23. The molecule has 14 heavy (non-hydrogen) atoms. The first-order valence-electron chi connectivity index (χ1n) is 4.84. The Hall–Kier alpha value is -1.38. The highest BCUT2D eigenvalue weighted by Gasteiger charge is 2.31. The number of aliphatic carboxylic acids is 1. The molecule has 1 N–H and O–H groups in total. The molecule has 0 saturated heterocycles. The average molecular weight is 191 g/mol. The van der Waals surface area contributed by atoms with Gasteiger partial charge in [0.25, 0.3) is 0 Å². The standard InChI is InChI=1S/C11H13NO2/c1-7-5-8-3-2-4-12-11(8)9(7)6-10(13)14/h2-4,7,9H,5-6H2,1H3,(H,13,14). The molecule has 2 unspecified atom stereocenters. The highest BCUT2D eigenvalue weighted by atomic mass is 16.4. The van der Waals surface area contributed by atoms with Crippen molar-refractivity contribution < 1.29 is 9.90 Å². The lowest BCUT2D eigenvalue weighted by Gasteiger charge is -2.12. The van der Waals surface area contributed by atoms with Gasteiger partial charge < -0.3 is 5.11 Å². The number of hydrogen-bond acceptors (Lipinski definition) is 2. The van der Waals surface area contributed by atoms with Crippen LogP contribution in [0.1, 0.15) is 30.5 Å². The van der Waals surface area contributed by atoms with Gasteiger partial charge in [0.15, 0.2) is 0 Å². The molecule has 0 aromatic carbocycles.